The second kappa shape index (κ2) is 11.2. The Kier molecular flexibility index (Phi) is 8.36. The lowest BCUT2D eigenvalue weighted by atomic mass is 10.2. The molecule has 32 heavy (non-hydrogen) atoms. The molecule has 168 valence electrons. The number of carbonyl (C=O) groups excluding carboxylic acids is 1. The summed E-state index contributed by atoms with van der Waals surface area (Å²) < 4.78 is 27.7. The summed E-state index contributed by atoms with van der Waals surface area (Å²) in [5.41, 5.74) is 2.70. The van der Waals surface area contributed by atoms with Gasteiger partial charge in [-0.3, -0.25) is 9.10 Å². The Balaban J connectivity index is 1.61. The van der Waals surface area contributed by atoms with Crippen LogP contribution in [0.5, 0.6) is 0 Å². The molecule has 0 radical (unpaired) electrons. The molecule has 0 atom stereocenters. The Labute approximate surface area is 194 Å². The highest BCUT2D eigenvalue weighted by Gasteiger charge is 2.26. The minimum absolute atomic E-state index is 0.155. The van der Waals surface area contributed by atoms with Gasteiger partial charge in [-0.2, -0.15) is 0 Å². The third-order valence-electron chi connectivity index (χ3n) is 4.87. The van der Waals surface area contributed by atoms with Gasteiger partial charge < -0.3 is 5.32 Å². The predicted octanol–water partition coefficient (Wildman–Crippen LogP) is 4.80. The lowest BCUT2D eigenvalue weighted by Crippen LogP contribution is -2.41. The molecule has 0 fully saturated rings. The van der Waals surface area contributed by atoms with Crippen LogP contribution in [0.4, 0.5) is 5.69 Å². The van der Waals surface area contributed by atoms with Crippen LogP contribution in [0.25, 0.3) is 0 Å². The molecule has 1 amide bonds. The molecule has 3 aromatic rings. The molecule has 0 saturated heterocycles. The molecule has 0 aliphatic rings. The van der Waals surface area contributed by atoms with Crippen molar-refractivity contribution in [2.45, 2.75) is 30.1 Å². The van der Waals surface area contributed by atoms with Gasteiger partial charge in [-0.1, -0.05) is 53.6 Å². The number of nitrogens with one attached hydrogen (secondary N) is 1. The van der Waals surface area contributed by atoms with E-state index < -0.39 is 10.0 Å². The van der Waals surface area contributed by atoms with Gasteiger partial charge in [-0.25, -0.2) is 8.42 Å². The van der Waals surface area contributed by atoms with Crippen molar-refractivity contribution in [1.29, 1.82) is 0 Å². The van der Waals surface area contributed by atoms with Crippen LogP contribution >= 0.6 is 11.8 Å². The highest BCUT2D eigenvalue weighted by atomic mass is 32.2. The van der Waals surface area contributed by atoms with Gasteiger partial charge in [0.2, 0.25) is 5.91 Å². The number of carbonyl (C=O) groups is 1. The van der Waals surface area contributed by atoms with Gasteiger partial charge in [-0.05, 0) is 62.4 Å². The SMILES string of the molecule is Cc1ccc(SCCCNC(=O)CN(c2ccc(C)cc2)S(=O)(=O)c2ccccc2)cc1. The zero-order valence-corrected chi connectivity index (χ0v) is 20.0. The average Bonchev–Trinajstić information content (AvgIpc) is 2.80. The minimum atomic E-state index is -3.87. The summed E-state index contributed by atoms with van der Waals surface area (Å²) in [6.07, 6.45) is 0.792. The summed E-state index contributed by atoms with van der Waals surface area (Å²) in [6, 6.07) is 23.6. The van der Waals surface area contributed by atoms with Crippen LogP contribution in [0.1, 0.15) is 17.5 Å². The van der Waals surface area contributed by atoms with Crippen LogP contribution in [0.15, 0.2) is 88.7 Å². The van der Waals surface area contributed by atoms with E-state index in [2.05, 4.69) is 36.5 Å². The molecule has 0 aliphatic carbocycles. The first-order chi connectivity index (χ1) is 15.4. The van der Waals surface area contributed by atoms with Crippen LogP contribution in [0.3, 0.4) is 0 Å². The zero-order valence-electron chi connectivity index (χ0n) is 18.3. The molecule has 5 nitrogen and oxygen atoms in total. The Hall–Kier alpha value is -2.77. The fourth-order valence-corrected chi connectivity index (χ4v) is 5.35. The third-order valence-corrected chi connectivity index (χ3v) is 7.76. The Bertz CT molecular complexity index is 1110. The number of nitrogens with zero attached hydrogens (tertiary/aromatic N) is 1. The number of thioether (sulfide) groups is 1. The lowest BCUT2D eigenvalue weighted by molar-refractivity contribution is -0.119. The van der Waals surface area contributed by atoms with Crippen LogP contribution in [0.2, 0.25) is 0 Å². The molecular formula is C25H28N2O3S2. The van der Waals surface area contributed by atoms with Crippen molar-refractivity contribution in [3.63, 3.8) is 0 Å². The van der Waals surface area contributed by atoms with E-state index in [4.69, 9.17) is 0 Å². The number of rotatable bonds is 10. The van der Waals surface area contributed by atoms with E-state index in [1.54, 1.807) is 42.1 Å². The van der Waals surface area contributed by atoms with E-state index in [1.807, 2.05) is 19.1 Å². The van der Waals surface area contributed by atoms with Crippen molar-refractivity contribution in [3.05, 3.63) is 90.0 Å². The molecule has 0 spiro atoms. The first kappa shape index (κ1) is 23.9. The van der Waals surface area contributed by atoms with Crippen molar-refractivity contribution in [2.75, 3.05) is 23.1 Å². The molecule has 0 heterocycles. The van der Waals surface area contributed by atoms with E-state index in [-0.39, 0.29) is 17.3 Å². The number of benzene rings is 3. The summed E-state index contributed by atoms with van der Waals surface area (Å²) in [7, 11) is -3.87. The van der Waals surface area contributed by atoms with Crippen LogP contribution in [-0.2, 0) is 14.8 Å². The van der Waals surface area contributed by atoms with Gasteiger partial charge in [0.15, 0.2) is 0 Å². The predicted molar refractivity (Wildman–Crippen MR) is 132 cm³/mol. The van der Waals surface area contributed by atoms with Crippen molar-refractivity contribution in [2.24, 2.45) is 0 Å². The second-order valence-corrected chi connectivity index (χ2v) is 10.6. The van der Waals surface area contributed by atoms with Crippen molar-refractivity contribution < 1.29 is 13.2 Å². The van der Waals surface area contributed by atoms with Crippen molar-refractivity contribution in [1.82, 2.24) is 5.32 Å². The molecule has 3 rings (SSSR count). The van der Waals surface area contributed by atoms with Gasteiger partial charge in [0.05, 0.1) is 10.6 Å². The van der Waals surface area contributed by atoms with Crippen molar-refractivity contribution in [3.8, 4) is 0 Å². The number of aryl methyl sites for hydroxylation is 2. The molecule has 0 aromatic heterocycles. The molecular weight excluding hydrogens is 440 g/mol. The molecule has 0 aliphatic heterocycles. The Morgan fingerprint density at radius 3 is 2.09 bits per heavy atom. The highest BCUT2D eigenvalue weighted by molar-refractivity contribution is 7.99. The smallest absolute Gasteiger partial charge is 0.264 e. The Morgan fingerprint density at radius 2 is 1.47 bits per heavy atom. The number of sulfonamides is 1. The van der Waals surface area contributed by atoms with E-state index in [1.165, 1.54) is 22.6 Å². The van der Waals surface area contributed by atoms with Crippen LogP contribution < -0.4 is 9.62 Å². The maximum atomic E-state index is 13.3. The van der Waals surface area contributed by atoms with Gasteiger partial charge >= 0.3 is 0 Å². The maximum Gasteiger partial charge on any atom is 0.264 e. The highest BCUT2D eigenvalue weighted by Crippen LogP contribution is 2.24. The van der Waals surface area contributed by atoms with Gasteiger partial charge in [-0.15, -0.1) is 11.8 Å². The second-order valence-electron chi connectivity index (χ2n) is 7.53. The molecule has 7 heteroatoms. The quantitative estimate of drug-likeness (QED) is 0.343. The summed E-state index contributed by atoms with van der Waals surface area (Å²) in [6.45, 7) is 4.21. The summed E-state index contributed by atoms with van der Waals surface area (Å²) in [5.74, 6) is 0.540. The summed E-state index contributed by atoms with van der Waals surface area (Å²) in [4.78, 5) is 14.0. The fraction of sp³-hybridized carbons (Fsp3) is 0.240. The van der Waals surface area contributed by atoms with Crippen LogP contribution in [0, 0.1) is 13.8 Å². The maximum absolute atomic E-state index is 13.3. The molecule has 1 N–H and O–H groups in total. The Morgan fingerprint density at radius 1 is 0.875 bits per heavy atom. The van der Waals surface area contributed by atoms with E-state index in [9.17, 15) is 13.2 Å². The largest absolute Gasteiger partial charge is 0.354 e. The lowest BCUT2D eigenvalue weighted by Gasteiger charge is -2.24. The topological polar surface area (TPSA) is 66.5 Å². The van der Waals surface area contributed by atoms with Crippen LogP contribution in [-0.4, -0.2) is 33.2 Å². The molecule has 0 unspecified atom stereocenters. The average molecular weight is 469 g/mol. The third kappa shape index (κ3) is 6.61. The molecule has 0 bridgehead atoms. The zero-order chi connectivity index (χ0) is 23.0. The van der Waals surface area contributed by atoms with E-state index in [0.717, 1.165) is 22.0 Å². The molecule has 0 saturated carbocycles. The minimum Gasteiger partial charge on any atom is -0.354 e. The van der Waals surface area contributed by atoms with E-state index in [0.29, 0.717) is 12.2 Å². The monoisotopic (exact) mass is 468 g/mol. The number of anilines is 1. The fourth-order valence-electron chi connectivity index (χ4n) is 3.06. The first-order valence-corrected chi connectivity index (χ1v) is 12.9. The standard InChI is InChI=1S/C25H28N2O3S2/c1-20-9-13-22(14-10-20)27(32(29,30)24-7-4-3-5-8-24)19-25(28)26-17-6-18-31-23-15-11-21(2)12-16-23/h3-5,7-16H,6,17-19H2,1-2H3,(H,26,28). The van der Waals surface area contributed by atoms with Gasteiger partial charge in [0.1, 0.15) is 6.54 Å². The number of hydrogen-bond acceptors (Lipinski definition) is 4. The van der Waals surface area contributed by atoms with Gasteiger partial charge in [0.25, 0.3) is 10.0 Å². The van der Waals surface area contributed by atoms with Gasteiger partial charge in [0, 0.05) is 11.4 Å². The first-order valence-electron chi connectivity index (χ1n) is 10.5. The normalized spacial score (nSPS) is 11.2. The van der Waals surface area contributed by atoms with E-state index >= 15 is 0 Å². The van der Waals surface area contributed by atoms with Crippen molar-refractivity contribution >= 4 is 33.4 Å². The number of amides is 1. The summed E-state index contributed by atoms with van der Waals surface area (Å²) in [5, 5.41) is 2.85. The summed E-state index contributed by atoms with van der Waals surface area (Å²) >= 11 is 1.74. The molecule has 3 aromatic carbocycles. The number of hydrogen-bond donors (Lipinski definition) is 1.